The smallest absolute Gasteiger partial charge is 0.263 e. The Kier molecular flexibility index (Phi) is 5.00. The zero-order chi connectivity index (χ0) is 15.5. The second-order valence-corrected chi connectivity index (χ2v) is 7.65. The number of carbonyl (C=O) groups excluding carboxylic acids is 2. The summed E-state index contributed by atoms with van der Waals surface area (Å²) in [5.41, 5.74) is 0. The number of likely N-dealkylation sites (tertiary alicyclic amines) is 1. The quantitative estimate of drug-likeness (QED) is 0.874. The molecule has 0 radical (unpaired) electrons. The molecule has 3 heterocycles. The lowest BCUT2D eigenvalue weighted by molar-refractivity contribution is -0.126. The molecule has 0 aliphatic carbocycles. The summed E-state index contributed by atoms with van der Waals surface area (Å²) in [6.45, 7) is 4.03. The van der Waals surface area contributed by atoms with Crippen LogP contribution in [0.3, 0.4) is 0 Å². The number of thiophene rings is 1. The van der Waals surface area contributed by atoms with E-state index in [1.54, 1.807) is 12.1 Å². The summed E-state index contributed by atoms with van der Waals surface area (Å²) < 4.78 is 0.628. The van der Waals surface area contributed by atoms with E-state index in [9.17, 15) is 9.59 Å². The number of carbonyl (C=O) groups is 2. The third-order valence-electron chi connectivity index (χ3n) is 4.37. The molecule has 2 N–H and O–H groups in total. The van der Waals surface area contributed by atoms with Gasteiger partial charge >= 0.3 is 0 Å². The van der Waals surface area contributed by atoms with Crippen LogP contribution in [0.15, 0.2) is 12.1 Å². The zero-order valence-corrected chi connectivity index (χ0v) is 13.9. The van der Waals surface area contributed by atoms with Crippen molar-refractivity contribution in [1.29, 1.82) is 0 Å². The molecule has 2 saturated heterocycles. The molecule has 0 saturated carbocycles. The Bertz CT molecular complexity index is 551. The number of rotatable bonds is 4. The van der Waals surface area contributed by atoms with E-state index >= 15 is 0 Å². The van der Waals surface area contributed by atoms with Gasteiger partial charge < -0.3 is 15.5 Å². The largest absolute Gasteiger partial charge is 0.355 e. The monoisotopic (exact) mass is 341 g/mol. The van der Waals surface area contributed by atoms with Gasteiger partial charge in [0.1, 0.15) is 0 Å². The molecule has 0 spiro atoms. The maximum Gasteiger partial charge on any atom is 0.263 e. The molecule has 120 valence electrons. The third kappa shape index (κ3) is 3.62. The molecule has 7 heteroatoms. The van der Waals surface area contributed by atoms with E-state index in [4.69, 9.17) is 11.6 Å². The van der Waals surface area contributed by atoms with E-state index in [0.29, 0.717) is 28.2 Å². The van der Waals surface area contributed by atoms with E-state index in [1.807, 2.05) is 4.90 Å². The second kappa shape index (κ2) is 6.98. The van der Waals surface area contributed by atoms with Crippen molar-refractivity contribution in [1.82, 2.24) is 15.5 Å². The van der Waals surface area contributed by atoms with Crippen LogP contribution >= 0.6 is 22.9 Å². The number of hydrogen-bond donors (Lipinski definition) is 2. The summed E-state index contributed by atoms with van der Waals surface area (Å²) in [5.74, 6) is 0.771. The van der Waals surface area contributed by atoms with Crippen molar-refractivity contribution in [2.75, 3.05) is 32.7 Å². The molecule has 5 nitrogen and oxygen atoms in total. The fourth-order valence-corrected chi connectivity index (χ4v) is 3.82. The average molecular weight is 342 g/mol. The van der Waals surface area contributed by atoms with Crippen molar-refractivity contribution >= 4 is 34.8 Å². The minimum Gasteiger partial charge on any atom is -0.355 e. The van der Waals surface area contributed by atoms with Crippen LogP contribution in [0.2, 0.25) is 4.34 Å². The Balaban J connectivity index is 1.45. The van der Waals surface area contributed by atoms with Gasteiger partial charge in [0, 0.05) is 44.6 Å². The number of amides is 2. The van der Waals surface area contributed by atoms with Gasteiger partial charge in [0.15, 0.2) is 0 Å². The maximum atomic E-state index is 12.3. The first-order chi connectivity index (χ1) is 10.6. The average Bonchev–Trinajstić information content (AvgIpc) is 2.91. The molecular weight excluding hydrogens is 322 g/mol. The summed E-state index contributed by atoms with van der Waals surface area (Å²) in [6, 6.07) is 3.51. The van der Waals surface area contributed by atoms with Crippen LogP contribution in [0, 0.1) is 11.8 Å². The number of hydrogen-bond acceptors (Lipinski definition) is 4. The van der Waals surface area contributed by atoms with Crippen molar-refractivity contribution in [3.05, 3.63) is 21.3 Å². The fraction of sp³-hybridized carbons (Fsp3) is 0.600. The lowest BCUT2D eigenvalue weighted by Gasteiger charge is -2.32. The topological polar surface area (TPSA) is 61.4 Å². The molecule has 2 aliphatic heterocycles. The first-order valence-electron chi connectivity index (χ1n) is 7.66. The van der Waals surface area contributed by atoms with Gasteiger partial charge in [-0.25, -0.2) is 0 Å². The van der Waals surface area contributed by atoms with Crippen molar-refractivity contribution in [3.8, 4) is 0 Å². The molecule has 0 unspecified atom stereocenters. The molecule has 1 aromatic heterocycles. The SMILES string of the molecule is O=C(NCC1CNC1)C1CCN(C(=O)c2ccc(Cl)s2)CC1. The van der Waals surface area contributed by atoms with E-state index < -0.39 is 0 Å². The van der Waals surface area contributed by atoms with E-state index in [-0.39, 0.29) is 17.7 Å². The Labute approximate surface area is 139 Å². The van der Waals surface area contributed by atoms with Crippen LogP contribution < -0.4 is 10.6 Å². The number of piperidine rings is 1. The van der Waals surface area contributed by atoms with Gasteiger partial charge in [-0.05, 0) is 25.0 Å². The standard InChI is InChI=1S/C15H20ClN3O2S/c16-13-2-1-12(22-13)15(21)19-5-3-11(4-6-19)14(20)18-9-10-7-17-8-10/h1-2,10-11,17H,3-9H2,(H,18,20). The number of nitrogens with zero attached hydrogens (tertiary/aromatic N) is 1. The van der Waals surface area contributed by atoms with Crippen LogP contribution in [0.25, 0.3) is 0 Å². The molecule has 2 amide bonds. The number of halogens is 1. The molecule has 3 rings (SSSR count). The molecular formula is C15H20ClN3O2S. The molecule has 1 aromatic rings. The molecule has 22 heavy (non-hydrogen) atoms. The summed E-state index contributed by atoms with van der Waals surface area (Å²) in [4.78, 5) is 27.0. The molecule has 2 fully saturated rings. The second-order valence-electron chi connectivity index (χ2n) is 5.94. The lowest BCUT2D eigenvalue weighted by Crippen LogP contribution is -2.50. The van der Waals surface area contributed by atoms with Crippen LogP contribution in [-0.2, 0) is 4.79 Å². The van der Waals surface area contributed by atoms with Crippen LogP contribution in [0.5, 0.6) is 0 Å². The Morgan fingerprint density at radius 3 is 2.59 bits per heavy atom. The maximum absolute atomic E-state index is 12.3. The molecule has 0 atom stereocenters. The van der Waals surface area contributed by atoms with Gasteiger partial charge in [-0.15, -0.1) is 11.3 Å². The Morgan fingerprint density at radius 1 is 1.32 bits per heavy atom. The normalized spacial score (nSPS) is 19.8. The lowest BCUT2D eigenvalue weighted by atomic mass is 9.95. The van der Waals surface area contributed by atoms with Gasteiger partial charge in [-0.3, -0.25) is 9.59 Å². The van der Waals surface area contributed by atoms with E-state index in [0.717, 1.165) is 32.5 Å². The van der Waals surface area contributed by atoms with E-state index in [1.165, 1.54) is 11.3 Å². The predicted molar refractivity (Wildman–Crippen MR) is 87.3 cm³/mol. The van der Waals surface area contributed by atoms with Gasteiger partial charge in [-0.1, -0.05) is 11.6 Å². The number of nitrogens with one attached hydrogen (secondary N) is 2. The minimum atomic E-state index is 0.0244. The van der Waals surface area contributed by atoms with Gasteiger partial charge in [0.2, 0.25) is 5.91 Å². The highest BCUT2D eigenvalue weighted by molar-refractivity contribution is 7.17. The molecule has 0 aromatic carbocycles. The predicted octanol–water partition coefficient (Wildman–Crippen LogP) is 1.59. The van der Waals surface area contributed by atoms with Gasteiger partial charge in [0.05, 0.1) is 9.21 Å². The zero-order valence-electron chi connectivity index (χ0n) is 12.3. The van der Waals surface area contributed by atoms with Crippen molar-refractivity contribution in [2.45, 2.75) is 12.8 Å². The van der Waals surface area contributed by atoms with E-state index in [2.05, 4.69) is 10.6 Å². The summed E-state index contributed by atoms with van der Waals surface area (Å²) >= 11 is 7.18. The van der Waals surface area contributed by atoms with Gasteiger partial charge in [0.25, 0.3) is 5.91 Å². The van der Waals surface area contributed by atoms with Crippen LogP contribution in [0.4, 0.5) is 0 Å². The Hall–Kier alpha value is -1.11. The minimum absolute atomic E-state index is 0.0244. The fourth-order valence-electron chi connectivity index (χ4n) is 2.81. The summed E-state index contributed by atoms with van der Waals surface area (Å²) in [6.07, 6.45) is 1.47. The van der Waals surface area contributed by atoms with Crippen LogP contribution in [0.1, 0.15) is 22.5 Å². The highest BCUT2D eigenvalue weighted by Gasteiger charge is 2.29. The summed E-state index contributed by atoms with van der Waals surface area (Å²) in [5, 5.41) is 6.23. The Morgan fingerprint density at radius 2 is 2.05 bits per heavy atom. The molecule has 2 aliphatic rings. The highest BCUT2D eigenvalue weighted by Crippen LogP contribution is 2.25. The van der Waals surface area contributed by atoms with Gasteiger partial charge in [-0.2, -0.15) is 0 Å². The highest BCUT2D eigenvalue weighted by atomic mass is 35.5. The van der Waals surface area contributed by atoms with Crippen LogP contribution in [-0.4, -0.2) is 49.4 Å². The molecule has 0 bridgehead atoms. The first kappa shape index (κ1) is 15.8. The summed E-state index contributed by atoms with van der Waals surface area (Å²) in [7, 11) is 0. The van der Waals surface area contributed by atoms with Crippen molar-refractivity contribution in [3.63, 3.8) is 0 Å². The third-order valence-corrected chi connectivity index (χ3v) is 5.59. The van der Waals surface area contributed by atoms with Crippen molar-refractivity contribution < 1.29 is 9.59 Å². The van der Waals surface area contributed by atoms with Crippen molar-refractivity contribution in [2.24, 2.45) is 11.8 Å². The first-order valence-corrected chi connectivity index (χ1v) is 8.86.